The van der Waals surface area contributed by atoms with Crippen molar-refractivity contribution in [2.45, 2.75) is 18.6 Å². The highest BCUT2D eigenvalue weighted by Crippen LogP contribution is 2.19. The van der Waals surface area contributed by atoms with Crippen LogP contribution in [-0.2, 0) is 4.74 Å². The summed E-state index contributed by atoms with van der Waals surface area (Å²) in [6.45, 7) is 0.883. The summed E-state index contributed by atoms with van der Waals surface area (Å²) in [5.41, 5.74) is 11.6. The molecule has 8 heteroatoms. The van der Waals surface area contributed by atoms with E-state index in [0.717, 1.165) is 0 Å². The highest BCUT2D eigenvalue weighted by molar-refractivity contribution is 5.94. The molecule has 2 aromatic rings. The van der Waals surface area contributed by atoms with Crippen molar-refractivity contribution in [3.63, 3.8) is 0 Å². The van der Waals surface area contributed by atoms with Crippen LogP contribution in [0.3, 0.4) is 0 Å². The van der Waals surface area contributed by atoms with Crippen molar-refractivity contribution >= 4 is 17.6 Å². The van der Waals surface area contributed by atoms with Gasteiger partial charge in [-0.25, -0.2) is 4.98 Å². The first-order valence-electron chi connectivity index (χ1n) is 8.19. The number of nitrogens with zero attached hydrogens (tertiary/aromatic N) is 1. The van der Waals surface area contributed by atoms with Crippen LogP contribution >= 0.6 is 0 Å². The van der Waals surface area contributed by atoms with Crippen molar-refractivity contribution in [1.82, 2.24) is 10.3 Å². The van der Waals surface area contributed by atoms with Gasteiger partial charge in [0.05, 0.1) is 18.2 Å². The Morgan fingerprint density at radius 3 is 2.54 bits per heavy atom. The summed E-state index contributed by atoms with van der Waals surface area (Å²) in [7, 11) is 0. The Kier molecular flexibility index (Phi) is 5.33. The number of pyridine rings is 1. The summed E-state index contributed by atoms with van der Waals surface area (Å²) < 4.78 is 11.4. The second-order valence-electron chi connectivity index (χ2n) is 5.96. The number of rotatable bonds is 5. The molecule has 2 heterocycles. The van der Waals surface area contributed by atoms with Crippen LogP contribution in [0.2, 0.25) is 0 Å². The summed E-state index contributed by atoms with van der Waals surface area (Å²) in [4.78, 5) is 27.5. The van der Waals surface area contributed by atoms with Gasteiger partial charge in [-0.3, -0.25) is 9.59 Å². The summed E-state index contributed by atoms with van der Waals surface area (Å²) in [6, 6.07) is 9.49. The van der Waals surface area contributed by atoms with E-state index < -0.39 is 5.91 Å². The molecule has 1 aliphatic heterocycles. The Morgan fingerprint density at radius 2 is 1.88 bits per heavy atom. The molecule has 0 radical (unpaired) electrons. The molecule has 0 spiro atoms. The fraction of sp³-hybridized carbons (Fsp3) is 0.278. The zero-order valence-corrected chi connectivity index (χ0v) is 14.1. The van der Waals surface area contributed by atoms with Crippen molar-refractivity contribution in [1.29, 1.82) is 0 Å². The average Bonchev–Trinajstić information content (AvgIpc) is 2.64. The number of anilines is 1. The van der Waals surface area contributed by atoms with E-state index in [2.05, 4.69) is 10.3 Å². The zero-order valence-electron chi connectivity index (χ0n) is 14.1. The lowest BCUT2D eigenvalue weighted by atomic mass is 10.1. The highest BCUT2D eigenvalue weighted by Gasteiger charge is 2.29. The topological polar surface area (TPSA) is 130 Å². The fourth-order valence-electron chi connectivity index (χ4n) is 2.66. The van der Waals surface area contributed by atoms with Crippen LogP contribution in [0.15, 0.2) is 42.6 Å². The van der Waals surface area contributed by atoms with Gasteiger partial charge < -0.3 is 26.3 Å². The number of carbonyl (C=O) groups excluding carboxylic acids is 2. The van der Waals surface area contributed by atoms with Crippen LogP contribution < -0.4 is 21.5 Å². The first-order chi connectivity index (χ1) is 12.5. The predicted octanol–water partition coefficient (Wildman–Crippen LogP) is 0.729. The molecule has 0 unspecified atom stereocenters. The van der Waals surface area contributed by atoms with E-state index in [4.69, 9.17) is 20.9 Å². The predicted molar refractivity (Wildman–Crippen MR) is 94.7 cm³/mol. The van der Waals surface area contributed by atoms with Gasteiger partial charge >= 0.3 is 0 Å². The lowest BCUT2D eigenvalue weighted by Crippen LogP contribution is -2.51. The smallest absolute Gasteiger partial charge is 0.253 e. The molecule has 2 atom stereocenters. The molecular weight excluding hydrogens is 336 g/mol. The van der Waals surface area contributed by atoms with Crippen molar-refractivity contribution in [3.05, 3.63) is 53.7 Å². The Balaban J connectivity index is 1.66. The van der Waals surface area contributed by atoms with Gasteiger partial charge in [-0.05, 0) is 42.8 Å². The molecule has 3 rings (SSSR count). The van der Waals surface area contributed by atoms with E-state index in [1.165, 1.54) is 6.20 Å². The molecule has 8 nitrogen and oxygen atoms in total. The van der Waals surface area contributed by atoms with Crippen LogP contribution in [0, 0.1) is 0 Å². The van der Waals surface area contributed by atoms with E-state index in [1.54, 1.807) is 36.4 Å². The molecule has 1 saturated heterocycles. The molecule has 26 heavy (non-hydrogen) atoms. The van der Waals surface area contributed by atoms with Gasteiger partial charge in [0.2, 0.25) is 5.91 Å². The number of amides is 2. The molecule has 0 bridgehead atoms. The Bertz CT molecular complexity index is 777. The van der Waals surface area contributed by atoms with Crippen LogP contribution in [0.4, 0.5) is 5.82 Å². The molecule has 1 aliphatic rings. The number of nitrogen functional groups attached to an aromatic ring is 1. The van der Waals surface area contributed by atoms with Gasteiger partial charge in [-0.15, -0.1) is 0 Å². The summed E-state index contributed by atoms with van der Waals surface area (Å²) >= 11 is 0. The monoisotopic (exact) mass is 356 g/mol. The van der Waals surface area contributed by atoms with Gasteiger partial charge in [-0.1, -0.05) is 0 Å². The third-order valence-corrected chi connectivity index (χ3v) is 4.10. The lowest BCUT2D eigenvalue weighted by molar-refractivity contribution is -0.0135. The molecule has 2 amide bonds. The standard InChI is InChI=1S/C18H20N4O4/c19-16-6-3-12(9-21-16)18(24)22-14-7-8-25-10-15(14)26-13-4-1-11(2-5-13)17(20)23/h1-6,9,14-15H,7-8,10H2,(H2,19,21)(H2,20,23)(H,22,24)/t14-,15-/m1/s1. The molecule has 1 aromatic heterocycles. The molecule has 0 saturated carbocycles. The first kappa shape index (κ1) is 17.7. The molecule has 1 fully saturated rings. The van der Waals surface area contributed by atoms with Crippen LogP contribution in [-0.4, -0.2) is 42.2 Å². The molecule has 0 aliphatic carbocycles. The molecule has 5 N–H and O–H groups in total. The van der Waals surface area contributed by atoms with Crippen molar-refractivity contribution in [2.24, 2.45) is 5.73 Å². The summed E-state index contributed by atoms with van der Waals surface area (Å²) in [5.74, 6) is 0.175. The second-order valence-corrected chi connectivity index (χ2v) is 5.96. The number of hydrogen-bond donors (Lipinski definition) is 3. The minimum atomic E-state index is -0.500. The number of aromatic nitrogens is 1. The van der Waals surface area contributed by atoms with Gasteiger partial charge in [0.1, 0.15) is 17.7 Å². The van der Waals surface area contributed by atoms with Gasteiger partial charge in [0.15, 0.2) is 0 Å². The van der Waals surface area contributed by atoms with E-state index in [0.29, 0.717) is 42.3 Å². The molecule has 1 aromatic carbocycles. The zero-order chi connectivity index (χ0) is 18.5. The Morgan fingerprint density at radius 1 is 1.15 bits per heavy atom. The van der Waals surface area contributed by atoms with Gasteiger partial charge in [0, 0.05) is 18.4 Å². The van der Waals surface area contributed by atoms with E-state index >= 15 is 0 Å². The van der Waals surface area contributed by atoms with Crippen LogP contribution in [0.1, 0.15) is 27.1 Å². The first-order valence-corrected chi connectivity index (χ1v) is 8.19. The minimum Gasteiger partial charge on any atom is -0.486 e. The van der Waals surface area contributed by atoms with Crippen molar-refractivity contribution in [3.8, 4) is 5.75 Å². The highest BCUT2D eigenvalue weighted by atomic mass is 16.5. The van der Waals surface area contributed by atoms with E-state index in [9.17, 15) is 9.59 Å². The van der Waals surface area contributed by atoms with E-state index in [-0.39, 0.29) is 18.1 Å². The number of hydrogen-bond acceptors (Lipinski definition) is 6. The van der Waals surface area contributed by atoms with E-state index in [1.807, 2.05) is 0 Å². The number of ether oxygens (including phenoxy) is 2. The Labute approximate surface area is 150 Å². The molecular formula is C18H20N4O4. The maximum absolute atomic E-state index is 12.4. The fourth-order valence-corrected chi connectivity index (χ4v) is 2.66. The number of nitrogens with one attached hydrogen (secondary N) is 1. The third-order valence-electron chi connectivity index (χ3n) is 4.10. The van der Waals surface area contributed by atoms with Crippen LogP contribution in [0.5, 0.6) is 5.75 Å². The average molecular weight is 356 g/mol. The number of nitrogens with two attached hydrogens (primary N) is 2. The maximum Gasteiger partial charge on any atom is 0.253 e. The Hall–Kier alpha value is -3.13. The maximum atomic E-state index is 12.4. The SMILES string of the molecule is NC(=O)c1ccc(O[C@@H]2COCC[C@H]2NC(=O)c2ccc(N)nc2)cc1. The second kappa shape index (κ2) is 7.83. The number of benzene rings is 1. The lowest BCUT2D eigenvalue weighted by Gasteiger charge is -2.32. The normalized spacial score (nSPS) is 19.5. The summed E-state index contributed by atoms with van der Waals surface area (Å²) in [6.07, 6.45) is 1.70. The third kappa shape index (κ3) is 4.28. The quantitative estimate of drug-likeness (QED) is 0.724. The van der Waals surface area contributed by atoms with Crippen LogP contribution in [0.25, 0.3) is 0 Å². The van der Waals surface area contributed by atoms with Gasteiger partial charge in [-0.2, -0.15) is 0 Å². The number of primary amides is 1. The summed E-state index contributed by atoms with van der Waals surface area (Å²) in [5, 5.41) is 2.96. The largest absolute Gasteiger partial charge is 0.486 e. The van der Waals surface area contributed by atoms with Crippen molar-refractivity contribution in [2.75, 3.05) is 18.9 Å². The molecule has 136 valence electrons. The minimum absolute atomic E-state index is 0.218. The van der Waals surface area contributed by atoms with Crippen molar-refractivity contribution < 1.29 is 19.1 Å². The number of carbonyl (C=O) groups is 2. The van der Waals surface area contributed by atoms with Gasteiger partial charge in [0.25, 0.3) is 5.91 Å².